The third-order valence-electron chi connectivity index (χ3n) is 4.31. The van der Waals surface area contributed by atoms with Crippen LogP contribution in [0.4, 0.5) is 0 Å². The maximum atomic E-state index is 12.6. The molecule has 27 heavy (non-hydrogen) atoms. The molecule has 0 radical (unpaired) electrons. The first-order valence-corrected chi connectivity index (χ1v) is 8.78. The number of para-hydroxylation sites is 1. The Bertz CT molecular complexity index is 952. The summed E-state index contributed by atoms with van der Waals surface area (Å²) in [6.45, 7) is 0.984. The standard InChI is InChI=1S/C19H17ClN4O3/c1-26-17-5-3-2-4-14(17)15-8-16(23-22-15)19(25)24-10-13(11-24)27-18-7-6-12(20)9-21-18/h2-9,13H,10-11H2,1H3,(H,22,23). The summed E-state index contributed by atoms with van der Waals surface area (Å²) in [6.07, 6.45) is 1.45. The number of aromatic amines is 1. The van der Waals surface area contributed by atoms with Gasteiger partial charge in [-0.25, -0.2) is 4.98 Å². The number of ether oxygens (including phenoxy) is 2. The number of pyridine rings is 1. The number of H-pyrrole nitrogens is 1. The number of likely N-dealkylation sites (tertiary alicyclic amines) is 1. The molecule has 0 bridgehead atoms. The highest BCUT2D eigenvalue weighted by atomic mass is 35.5. The van der Waals surface area contributed by atoms with E-state index < -0.39 is 0 Å². The maximum absolute atomic E-state index is 12.6. The van der Waals surface area contributed by atoms with Crippen molar-refractivity contribution in [3.05, 3.63) is 59.4 Å². The van der Waals surface area contributed by atoms with E-state index in [2.05, 4.69) is 15.2 Å². The van der Waals surface area contributed by atoms with Gasteiger partial charge in [-0.1, -0.05) is 23.7 Å². The van der Waals surface area contributed by atoms with Crippen LogP contribution in [0.25, 0.3) is 11.3 Å². The van der Waals surface area contributed by atoms with Crippen molar-refractivity contribution in [3.63, 3.8) is 0 Å². The lowest BCUT2D eigenvalue weighted by Gasteiger charge is -2.38. The number of methoxy groups -OCH3 is 1. The zero-order valence-corrected chi connectivity index (χ0v) is 15.3. The van der Waals surface area contributed by atoms with Crippen LogP contribution in [0.15, 0.2) is 48.7 Å². The van der Waals surface area contributed by atoms with E-state index in [1.54, 1.807) is 30.2 Å². The SMILES string of the molecule is COc1ccccc1-c1cc(C(=O)N2CC(Oc3ccc(Cl)cn3)C2)[nH]n1. The molecule has 0 saturated carbocycles. The number of carbonyl (C=O) groups is 1. The summed E-state index contributed by atoms with van der Waals surface area (Å²) in [6, 6.07) is 12.7. The largest absolute Gasteiger partial charge is 0.496 e. The Kier molecular flexibility index (Phi) is 4.68. The Balaban J connectivity index is 1.39. The number of amides is 1. The van der Waals surface area contributed by atoms with E-state index in [9.17, 15) is 4.79 Å². The van der Waals surface area contributed by atoms with Crippen LogP contribution in [0.2, 0.25) is 5.02 Å². The van der Waals surface area contributed by atoms with Gasteiger partial charge < -0.3 is 14.4 Å². The van der Waals surface area contributed by atoms with E-state index >= 15 is 0 Å². The number of nitrogens with one attached hydrogen (secondary N) is 1. The summed E-state index contributed by atoms with van der Waals surface area (Å²) in [5.74, 6) is 1.08. The van der Waals surface area contributed by atoms with Crippen LogP contribution in [0.1, 0.15) is 10.5 Å². The van der Waals surface area contributed by atoms with E-state index in [1.165, 1.54) is 6.20 Å². The molecule has 3 aromatic rings. The maximum Gasteiger partial charge on any atom is 0.272 e. The van der Waals surface area contributed by atoms with E-state index in [0.29, 0.717) is 41.1 Å². The molecule has 1 aliphatic rings. The minimum atomic E-state index is -0.118. The third kappa shape index (κ3) is 3.59. The zero-order chi connectivity index (χ0) is 18.8. The fraction of sp³-hybridized carbons (Fsp3) is 0.211. The minimum absolute atomic E-state index is 0.0840. The van der Waals surface area contributed by atoms with E-state index in [0.717, 1.165) is 5.56 Å². The monoisotopic (exact) mass is 384 g/mol. The van der Waals surface area contributed by atoms with Crippen molar-refractivity contribution in [2.45, 2.75) is 6.10 Å². The van der Waals surface area contributed by atoms with Crippen LogP contribution in [-0.4, -0.2) is 52.3 Å². The molecule has 1 aromatic carbocycles. The number of aromatic nitrogens is 3. The van der Waals surface area contributed by atoms with Crippen LogP contribution < -0.4 is 9.47 Å². The van der Waals surface area contributed by atoms with Crippen molar-refractivity contribution in [1.82, 2.24) is 20.1 Å². The second kappa shape index (κ2) is 7.28. The Morgan fingerprint density at radius 3 is 2.81 bits per heavy atom. The number of nitrogens with zero attached hydrogens (tertiary/aromatic N) is 3. The van der Waals surface area contributed by atoms with Gasteiger partial charge in [-0.05, 0) is 24.3 Å². The van der Waals surface area contributed by atoms with E-state index in [4.69, 9.17) is 21.1 Å². The first kappa shape index (κ1) is 17.4. The number of benzene rings is 1. The topological polar surface area (TPSA) is 80.3 Å². The summed E-state index contributed by atoms with van der Waals surface area (Å²) in [4.78, 5) is 18.4. The Morgan fingerprint density at radius 2 is 2.07 bits per heavy atom. The molecule has 138 valence electrons. The van der Waals surface area contributed by atoms with E-state index in [1.807, 2.05) is 24.3 Å². The van der Waals surface area contributed by atoms with Crippen LogP contribution in [0.5, 0.6) is 11.6 Å². The number of hydrogen-bond acceptors (Lipinski definition) is 5. The van der Waals surface area contributed by atoms with Gasteiger partial charge in [-0.2, -0.15) is 5.10 Å². The lowest BCUT2D eigenvalue weighted by Crippen LogP contribution is -2.56. The van der Waals surface area contributed by atoms with Gasteiger partial charge in [0, 0.05) is 17.8 Å². The van der Waals surface area contributed by atoms with E-state index in [-0.39, 0.29) is 12.0 Å². The second-order valence-corrected chi connectivity index (χ2v) is 6.57. The normalized spacial score (nSPS) is 13.9. The van der Waals surface area contributed by atoms with Crippen LogP contribution in [-0.2, 0) is 0 Å². The summed E-state index contributed by atoms with van der Waals surface area (Å²) in [5, 5.41) is 7.61. The van der Waals surface area contributed by atoms with Crippen molar-refractivity contribution in [2.75, 3.05) is 20.2 Å². The first-order chi connectivity index (χ1) is 13.1. The molecule has 1 N–H and O–H groups in total. The molecule has 0 spiro atoms. The molecule has 8 heteroatoms. The molecule has 0 atom stereocenters. The number of rotatable bonds is 5. The molecule has 1 aliphatic heterocycles. The minimum Gasteiger partial charge on any atom is -0.496 e. The van der Waals surface area contributed by atoms with Crippen molar-refractivity contribution in [1.29, 1.82) is 0 Å². The lowest BCUT2D eigenvalue weighted by molar-refractivity contribution is 0.0156. The molecule has 4 rings (SSSR count). The fourth-order valence-electron chi connectivity index (χ4n) is 2.88. The molecule has 3 heterocycles. The molecule has 7 nitrogen and oxygen atoms in total. The summed E-state index contributed by atoms with van der Waals surface area (Å²) < 4.78 is 11.1. The average molecular weight is 385 g/mol. The smallest absolute Gasteiger partial charge is 0.272 e. The number of carbonyl (C=O) groups excluding carboxylic acids is 1. The summed E-state index contributed by atoms with van der Waals surface area (Å²) in [7, 11) is 1.60. The molecule has 0 aliphatic carbocycles. The van der Waals surface area contributed by atoms with Crippen molar-refractivity contribution >= 4 is 17.5 Å². The predicted octanol–water partition coefficient (Wildman–Crippen LogP) is 3.04. The highest BCUT2D eigenvalue weighted by Crippen LogP contribution is 2.29. The lowest BCUT2D eigenvalue weighted by atomic mass is 10.1. The molecule has 1 amide bonds. The molecular formula is C19H17ClN4O3. The van der Waals surface area contributed by atoms with Crippen molar-refractivity contribution < 1.29 is 14.3 Å². The molecule has 0 unspecified atom stereocenters. The molecule has 2 aromatic heterocycles. The van der Waals surface area contributed by atoms with Gasteiger partial charge in [0.2, 0.25) is 5.88 Å². The highest BCUT2D eigenvalue weighted by Gasteiger charge is 2.34. The Labute approximate surface area is 160 Å². The van der Waals surface area contributed by atoms with Gasteiger partial charge in [-0.15, -0.1) is 0 Å². The quantitative estimate of drug-likeness (QED) is 0.731. The Hall–Kier alpha value is -3.06. The van der Waals surface area contributed by atoms with Crippen LogP contribution in [0.3, 0.4) is 0 Å². The van der Waals surface area contributed by atoms with Crippen LogP contribution in [0, 0.1) is 0 Å². The molecular weight excluding hydrogens is 368 g/mol. The van der Waals surface area contributed by atoms with Gasteiger partial charge >= 0.3 is 0 Å². The fourth-order valence-corrected chi connectivity index (χ4v) is 2.99. The third-order valence-corrected chi connectivity index (χ3v) is 4.54. The second-order valence-electron chi connectivity index (χ2n) is 6.13. The zero-order valence-electron chi connectivity index (χ0n) is 14.6. The van der Waals surface area contributed by atoms with Gasteiger partial charge in [-0.3, -0.25) is 9.89 Å². The number of halogens is 1. The first-order valence-electron chi connectivity index (χ1n) is 8.40. The number of hydrogen-bond donors (Lipinski definition) is 1. The highest BCUT2D eigenvalue weighted by molar-refractivity contribution is 6.30. The van der Waals surface area contributed by atoms with Gasteiger partial charge in [0.1, 0.15) is 17.5 Å². The van der Waals surface area contributed by atoms with Gasteiger partial charge in [0.15, 0.2) is 0 Å². The van der Waals surface area contributed by atoms with Gasteiger partial charge in [0.05, 0.1) is 30.9 Å². The van der Waals surface area contributed by atoms with Crippen molar-refractivity contribution in [3.8, 4) is 22.9 Å². The molecule has 1 saturated heterocycles. The summed E-state index contributed by atoms with van der Waals surface area (Å²) in [5.41, 5.74) is 1.92. The summed E-state index contributed by atoms with van der Waals surface area (Å²) >= 11 is 5.81. The predicted molar refractivity (Wildman–Crippen MR) is 100 cm³/mol. The Morgan fingerprint density at radius 1 is 1.26 bits per heavy atom. The van der Waals surface area contributed by atoms with Gasteiger partial charge in [0.25, 0.3) is 5.91 Å². The van der Waals surface area contributed by atoms with Crippen molar-refractivity contribution in [2.24, 2.45) is 0 Å². The van der Waals surface area contributed by atoms with Crippen LogP contribution >= 0.6 is 11.6 Å². The molecule has 1 fully saturated rings. The average Bonchev–Trinajstić information content (AvgIpc) is 3.15.